The molecule has 1 aromatic heterocycles. The van der Waals surface area contributed by atoms with Gasteiger partial charge in [0.1, 0.15) is 4.99 Å². The van der Waals surface area contributed by atoms with Crippen LogP contribution in [0, 0.1) is 0 Å². The van der Waals surface area contributed by atoms with Gasteiger partial charge in [0.25, 0.3) is 5.56 Å². The van der Waals surface area contributed by atoms with Gasteiger partial charge in [0.2, 0.25) is 0 Å². The third kappa shape index (κ3) is 1.71. The first-order chi connectivity index (χ1) is 5.65. The maximum absolute atomic E-state index is 11.1. The van der Waals surface area contributed by atoms with Gasteiger partial charge in [-0.15, -0.1) is 0 Å². The van der Waals surface area contributed by atoms with Crippen LogP contribution in [0.2, 0.25) is 0 Å². The van der Waals surface area contributed by atoms with Crippen molar-refractivity contribution < 1.29 is 0 Å². The second-order valence-electron chi connectivity index (χ2n) is 2.41. The molecule has 2 N–H and O–H groups in total. The van der Waals surface area contributed by atoms with Gasteiger partial charge in [0.05, 0.1) is 0 Å². The predicted octanol–water partition coefficient (Wildman–Crippen LogP) is 0.502. The lowest BCUT2D eigenvalue weighted by Crippen LogP contribution is -2.20. The smallest absolute Gasteiger partial charge is 0.250 e. The Morgan fingerprint density at radius 1 is 1.67 bits per heavy atom. The molecule has 0 aliphatic rings. The SMILES string of the molecule is CCn1cc(C(N)=S)ccc1=O. The number of hydrogen-bond donors (Lipinski definition) is 1. The van der Waals surface area contributed by atoms with Crippen LogP contribution >= 0.6 is 12.2 Å². The number of nitrogens with two attached hydrogens (primary N) is 1. The van der Waals surface area contributed by atoms with E-state index in [4.69, 9.17) is 18.0 Å². The average molecular weight is 182 g/mol. The molecule has 1 aromatic rings. The molecule has 0 fully saturated rings. The Labute approximate surface area is 75.8 Å². The van der Waals surface area contributed by atoms with Crippen molar-refractivity contribution in [3.63, 3.8) is 0 Å². The van der Waals surface area contributed by atoms with Gasteiger partial charge in [-0.1, -0.05) is 12.2 Å². The van der Waals surface area contributed by atoms with Crippen LogP contribution in [0.5, 0.6) is 0 Å². The predicted molar refractivity (Wildman–Crippen MR) is 52.3 cm³/mol. The monoisotopic (exact) mass is 182 g/mol. The molecular formula is C8H10N2OS. The molecule has 0 saturated carbocycles. The minimum Gasteiger partial charge on any atom is -0.389 e. The zero-order valence-electron chi connectivity index (χ0n) is 6.78. The lowest BCUT2D eigenvalue weighted by Gasteiger charge is -2.03. The van der Waals surface area contributed by atoms with Crippen molar-refractivity contribution in [2.24, 2.45) is 5.73 Å². The normalized spacial score (nSPS) is 9.75. The first-order valence-electron chi connectivity index (χ1n) is 3.65. The molecule has 1 rings (SSSR count). The fraction of sp³-hybridized carbons (Fsp3) is 0.250. The van der Waals surface area contributed by atoms with E-state index in [2.05, 4.69) is 0 Å². The Hall–Kier alpha value is -1.16. The van der Waals surface area contributed by atoms with E-state index < -0.39 is 0 Å². The topological polar surface area (TPSA) is 48.0 Å². The van der Waals surface area contributed by atoms with E-state index in [1.807, 2.05) is 6.92 Å². The molecule has 4 heteroatoms. The van der Waals surface area contributed by atoms with Crippen molar-refractivity contribution in [2.45, 2.75) is 13.5 Å². The molecule has 0 unspecified atom stereocenters. The van der Waals surface area contributed by atoms with Crippen molar-refractivity contribution in [2.75, 3.05) is 0 Å². The lowest BCUT2D eigenvalue weighted by molar-refractivity contribution is 0.726. The van der Waals surface area contributed by atoms with Gasteiger partial charge in [0, 0.05) is 24.4 Å². The Balaban J connectivity index is 3.23. The fourth-order valence-electron chi connectivity index (χ4n) is 0.924. The highest BCUT2D eigenvalue weighted by molar-refractivity contribution is 7.80. The molecule has 0 aliphatic carbocycles. The number of pyridine rings is 1. The maximum Gasteiger partial charge on any atom is 0.250 e. The van der Waals surface area contributed by atoms with Gasteiger partial charge < -0.3 is 10.3 Å². The summed E-state index contributed by atoms with van der Waals surface area (Å²) in [5, 5.41) is 0. The largest absolute Gasteiger partial charge is 0.389 e. The van der Waals surface area contributed by atoms with E-state index >= 15 is 0 Å². The lowest BCUT2D eigenvalue weighted by atomic mass is 10.3. The summed E-state index contributed by atoms with van der Waals surface area (Å²) in [5.74, 6) is 0. The zero-order chi connectivity index (χ0) is 9.14. The van der Waals surface area contributed by atoms with Crippen LogP contribution < -0.4 is 11.3 Å². The second kappa shape index (κ2) is 3.49. The summed E-state index contributed by atoms with van der Waals surface area (Å²) in [6, 6.07) is 3.11. The number of hydrogen-bond acceptors (Lipinski definition) is 2. The molecule has 0 spiro atoms. The molecule has 0 bridgehead atoms. The van der Waals surface area contributed by atoms with Crippen LogP contribution in [0.1, 0.15) is 12.5 Å². The fourth-order valence-corrected chi connectivity index (χ4v) is 1.04. The molecule has 0 saturated heterocycles. The molecule has 0 atom stereocenters. The van der Waals surface area contributed by atoms with E-state index in [-0.39, 0.29) is 5.56 Å². The van der Waals surface area contributed by atoms with Gasteiger partial charge in [-0.3, -0.25) is 4.79 Å². The van der Waals surface area contributed by atoms with Crippen molar-refractivity contribution in [3.05, 3.63) is 34.2 Å². The minimum atomic E-state index is -0.0301. The third-order valence-electron chi connectivity index (χ3n) is 1.61. The van der Waals surface area contributed by atoms with Crippen LogP contribution in [0.4, 0.5) is 0 Å². The molecule has 3 nitrogen and oxygen atoms in total. The molecule has 12 heavy (non-hydrogen) atoms. The van der Waals surface area contributed by atoms with Crippen LogP contribution in [0.15, 0.2) is 23.1 Å². The highest BCUT2D eigenvalue weighted by Crippen LogP contribution is 1.94. The van der Waals surface area contributed by atoms with E-state index in [1.54, 1.807) is 16.8 Å². The average Bonchev–Trinajstić information content (AvgIpc) is 2.05. The molecule has 0 aromatic carbocycles. The molecule has 0 aliphatic heterocycles. The summed E-state index contributed by atoms with van der Waals surface area (Å²) in [4.78, 5) is 11.4. The summed E-state index contributed by atoms with van der Waals surface area (Å²) < 4.78 is 1.56. The van der Waals surface area contributed by atoms with Gasteiger partial charge >= 0.3 is 0 Å². The Bertz CT molecular complexity index is 356. The van der Waals surface area contributed by atoms with Gasteiger partial charge in [-0.05, 0) is 13.0 Å². The molecule has 64 valence electrons. The summed E-state index contributed by atoms with van der Waals surface area (Å²) in [6.07, 6.45) is 1.67. The highest BCUT2D eigenvalue weighted by atomic mass is 32.1. The number of thiocarbonyl (C=S) groups is 1. The summed E-state index contributed by atoms with van der Waals surface area (Å²) in [7, 11) is 0. The van der Waals surface area contributed by atoms with Crippen molar-refractivity contribution in [3.8, 4) is 0 Å². The number of nitrogens with zero attached hydrogens (tertiary/aromatic N) is 1. The molecule has 0 amide bonds. The second-order valence-corrected chi connectivity index (χ2v) is 2.85. The zero-order valence-corrected chi connectivity index (χ0v) is 7.60. The minimum absolute atomic E-state index is 0.0301. The van der Waals surface area contributed by atoms with Gasteiger partial charge in [0.15, 0.2) is 0 Å². The van der Waals surface area contributed by atoms with Crippen LogP contribution in [-0.2, 0) is 6.54 Å². The van der Waals surface area contributed by atoms with Crippen molar-refractivity contribution in [1.82, 2.24) is 4.57 Å². The van der Waals surface area contributed by atoms with Crippen LogP contribution in [0.3, 0.4) is 0 Å². The van der Waals surface area contributed by atoms with Crippen molar-refractivity contribution in [1.29, 1.82) is 0 Å². The van der Waals surface area contributed by atoms with E-state index in [0.717, 1.165) is 5.56 Å². The first-order valence-corrected chi connectivity index (χ1v) is 4.06. The van der Waals surface area contributed by atoms with Gasteiger partial charge in [-0.25, -0.2) is 0 Å². The molecule has 0 radical (unpaired) electrons. The molecule has 1 heterocycles. The molecular weight excluding hydrogens is 172 g/mol. The standard InChI is InChI=1S/C8H10N2OS/c1-2-10-5-6(8(9)12)3-4-7(10)11/h3-5H,2H2,1H3,(H2,9,12). The number of aromatic nitrogens is 1. The summed E-state index contributed by atoms with van der Waals surface area (Å²) in [6.45, 7) is 2.53. The van der Waals surface area contributed by atoms with Crippen LogP contribution in [0.25, 0.3) is 0 Å². The Morgan fingerprint density at radius 3 is 2.83 bits per heavy atom. The summed E-state index contributed by atoms with van der Waals surface area (Å²) >= 11 is 4.78. The first kappa shape index (κ1) is 8.93. The Kier molecular flexibility index (Phi) is 2.60. The van der Waals surface area contributed by atoms with Crippen molar-refractivity contribution >= 4 is 17.2 Å². The van der Waals surface area contributed by atoms with Gasteiger partial charge in [-0.2, -0.15) is 0 Å². The van der Waals surface area contributed by atoms with E-state index in [0.29, 0.717) is 11.5 Å². The maximum atomic E-state index is 11.1. The summed E-state index contributed by atoms with van der Waals surface area (Å²) in [5.41, 5.74) is 6.10. The Morgan fingerprint density at radius 2 is 2.33 bits per heavy atom. The highest BCUT2D eigenvalue weighted by Gasteiger charge is 1.98. The number of rotatable bonds is 2. The quantitative estimate of drug-likeness (QED) is 0.678. The number of aryl methyl sites for hydroxylation is 1. The van der Waals surface area contributed by atoms with Crippen LogP contribution in [-0.4, -0.2) is 9.56 Å². The third-order valence-corrected chi connectivity index (χ3v) is 1.84. The van der Waals surface area contributed by atoms with E-state index in [1.165, 1.54) is 6.07 Å². The van der Waals surface area contributed by atoms with E-state index in [9.17, 15) is 4.79 Å².